The molecule has 2 amide bonds. The molecule has 0 fully saturated rings. The second-order valence-corrected chi connectivity index (χ2v) is 5.09. The minimum atomic E-state index is -0.926. The molecule has 0 aliphatic carbocycles. The van der Waals surface area contributed by atoms with Gasteiger partial charge in [-0.15, -0.1) is 0 Å². The number of nitrogens with zero attached hydrogens (tertiary/aromatic N) is 2. The van der Waals surface area contributed by atoms with Gasteiger partial charge < -0.3 is 0 Å². The molecule has 25 heavy (non-hydrogen) atoms. The van der Waals surface area contributed by atoms with E-state index >= 15 is 0 Å². The van der Waals surface area contributed by atoms with Crippen LogP contribution in [0.5, 0.6) is 0 Å². The number of aromatic nitrogens is 1. The first-order chi connectivity index (χ1) is 12.1. The van der Waals surface area contributed by atoms with Crippen LogP contribution in [-0.4, -0.2) is 16.8 Å². The number of imide groups is 1. The third-order valence-electron chi connectivity index (χ3n) is 3.49. The van der Waals surface area contributed by atoms with Gasteiger partial charge in [0.05, 0.1) is 11.1 Å². The molecule has 0 unspecified atom stereocenters. The summed E-state index contributed by atoms with van der Waals surface area (Å²) in [4.78, 5) is 30.2. The van der Waals surface area contributed by atoms with Crippen molar-refractivity contribution in [1.82, 2.24) is 4.98 Å². The number of pyridine rings is 1. The Bertz CT molecular complexity index is 872. The summed E-state index contributed by atoms with van der Waals surface area (Å²) in [5.74, 6) is -3.44. The van der Waals surface area contributed by atoms with Crippen molar-refractivity contribution >= 4 is 17.6 Å². The van der Waals surface area contributed by atoms with Gasteiger partial charge in [-0.05, 0) is 36.4 Å². The fourth-order valence-corrected chi connectivity index (χ4v) is 2.30. The summed E-state index contributed by atoms with van der Waals surface area (Å²) in [6, 6.07) is 15.1. The lowest BCUT2D eigenvalue weighted by molar-refractivity contribution is 0.0892. The smallest absolute Gasteiger partial charge is 0.268 e. The Labute approximate surface area is 142 Å². The van der Waals surface area contributed by atoms with Crippen LogP contribution in [0.25, 0.3) is 0 Å². The summed E-state index contributed by atoms with van der Waals surface area (Å²) in [6.07, 6.45) is 1.38. The van der Waals surface area contributed by atoms with Crippen LogP contribution in [0, 0.1) is 11.6 Å². The molecule has 4 nitrogen and oxygen atoms in total. The van der Waals surface area contributed by atoms with Gasteiger partial charge in [0.1, 0.15) is 17.5 Å². The van der Waals surface area contributed by atoms with E-state index in [1.807, 2.05) is 0 Å². The Kier molecular flexibility index (Phi) is 4.61. The van der Waals surface area contributed by atoms with Crippen LogP contribution in [0.4, 0.5) is 14.6 Å². The topological polar surface area (TPSA) is 50.3 Å². The summed E-state index contributed by atoms with van der Waals surface area (Å²) in [6.45, 7) is 0. The minimum absolute atomic E-state index is 0.0241. The highest BCUT2D eigenvalue weighted by molar-refractivity contribution is 6.25. The van der Waals surface area contributed by atoms with E-state index in [0.717, 1.165) is 12.1 Å². The Morgan fingerprint density at radius 3 is 1.64 bits per heavy atom. The molecule has 0 radical (unpaired) electrons. The number of anilines is 1. The number of hydrogen-bond acceptors (Lipinski definition) is 3. The van der Waals surface area contributed by atoms with Crippen LogP contribution in [0.2, 0.25) is 0 Å². The van der Waals surface area contributed by atoms with Crippen molar-refractivity contribution in [3.8, 4) is 0 Å². The first kappa shape index (κ1) is 16.4. The average molecular weight is 338 g/mol. The minimum Gasteiger partial charge on any atom is -0.268 e. The fourth-order valence-electron chi connectivity index (χ4n) is 2.30. The first-order valence-corrected chi connectivity index (χ1v) is 7.38. The van der Waals surface area contributed by atoms with Crippen molar-refractivity contribution in [2.24, 2.45) is 0 Å². The predicted octanol–water partition coefficient (Wildman–Crippen LogP) is 3.85. The van der Waals surface area contributed by atoms with E-state index < -0.39 is 23.4 Å². The lowest BCUT2D eigenvalue weighted by Gasteiger charge is -2.20. The Hall–Kier alpha value is -3.41. The number of rotatable bonds is 3. The van der Waals surface area contributed by atoms with Gasteiger partial charge in [-0.3, -0.25) is 9.59 Å². The average Bonchev–Trinajstić information content (AvgIpc) is 2.63. The number of carbonyl (C=O) groups excluding carboxylic acids is 2. The maximum Gasteiger partial charge on any atom is 0.269 e. The number of hydrogen-bond donors (Lipinski definition) is 0. The van der Waals surface area contributed by atoms with Crippen molar-refractivity contribution in [2.75, 3.05) is 4.90 Å². The van der Waals surface area contributed by atoms with Crippen LogP contribution in [-0.2, 0) is 0 Å². The molecule has 1 aromatic heterocycles. The van der Waals surface area contributed by atoms with Gasteiger partial charge >= 0.3 is 0 Å². The molecule has 3 aromatic rings. The molecule has 3 rings (SSSR count). The normalized spacial score (nSPS) is 10.3. The molecule has 0 saturated carbocycles. The molecule has 1 heterocycles. The molecular formula is C19H12F2N2O2. The maximum absolute atomic E-state index is 14.0. The molecule has 0 aliphatic rings. The lowest BCUT2D eigenvalue weighted by Crippen LogP contribution is -2.38. The second-order valence-electron chi connectivity index (χ2n) is 5.09. The van der Waals surface area contributed by atoms with Crippen LogP contribution >= 0.6 is 0 Å². The van der Waals surface area contributed by atoms with E-state index in [4.69, 9.17) is 0 Å². The number of amides is 2. The van der Waals surface area contributed by atoms with Crippen molar-refractivity contribution in [3.63, 3.8) is 0 Å². The van der Waals surface area contributed by atoms with Gasteiger partial charge in [-0.25, -0.2) is 18.7 Å². The van der Waals surface area contributed by atoms with E-state index in [1.54, 1.807) is 12.1 Å². The zero-order chi connectivity index (χ0) is 17.8. The van der Waals surface area contributed by atoms with Crippen LogP contribution < -0.4 is 4.90 Å². The van der Waals surface area contributed by atoms with Crippen LogP contribution in [0.1, 0.15) is 20.7 Å². The molecule has 0 spiro atoms. The molecule has 124 valence electrons. The number of halogens is 2. The summed E-state index contributed by atoms with van der Waals surface area (Å²) in [5.41, 5.74) is -0.615. The fraction of sp³-hybridized carbons (Fsp3) is 0. The van der Waals surface area contributed by atoms with Gasteiger partial charge in [0.2, 0.25) is 0 Å². The monoisotopic (exact) mass is 338 g/mol. The van der Waals surface area contributed by atoms with Crippen LogP contribution in [0.15, 0.2) is 72.9 Å². The van der Waals surface area contributed by atoms with Gasteiger partial charge in [0.25, 0.3) is 11.8 Å². The largest absolute Gasteiger partial charge is 0.269 e. The molecule has 0 atom stereocenters. The molecule has 0 saturated heterocycles. The Balaban J connectivity index is 2.11. The predicted molar refractivity (Wildman–Crippen MR) is 88.2 cm³/mol. The third kappa shape index (κ3) is 3.28. The van der Waals surface area contributed by atoms with E-state index in [0.29, 0.717) is 4.90 Å². The first-order valence-electron chi connectivity index (χ1n) is 7.38. The summed E-state index contributed by atoms with van der Waals surface area (Å²) < 4.78 is 28.0. The molecule has 2 aromatic carbocycles. The zero-order valence-corrected chi connectivity index (χ0v) is 12.9. The summed E-state index contributed by atoms with van der Waals surface area (Å²) in [7, 11) is 0. The summed E-state index contributed by atoms with van der Waals surface area (Å²) >= 11 is 0. The Morgan fingerprint density at radius 1 is 0.720 bits per heavy atom. The highest BCUT2D eigenvalue weighted by atomic mass is 19.1. The van der Waals surface area contributed by atoms with Crippen molar-refractivity contribution in [2.45, 2.75) is 0 Å². The van der Waals surface area contributed by atoms with Crippen molar-refractivity contribution < 1.29 is 18.4 Å². The van der Waals surface area contributed by atoms with Gasteiger partial charge in [-0.2, -0.15) is 0 Å². The molecule has 0 bridgehead atoms. The molecular weight excluding hydrogens is 326 g/mol. The maximum atomic E-state index is 14.0. The zero-order valence-electron chi connectivity index (χ0n) is 12.9. The van der Waals surface area contributed by atoms with E-state index in [-0.39, 0.29) is 16.9 Å². The number of benzene rings is 2. The van der Waals surface area contributed by atoms with Gasteiger partial charge in [0.15, 0.2) is 0 Å². The second kappa shape index (κ2) is 7.00. The lowest BCUT2D eigenvalue weighted by atomic mass is 10.1. The SMILES string of the molecule is O=C(c1ccccc1F)N(C(=O)c1ccccc1F)c1ccccn1. The van der Waals surface area contributed by atoms with Gasteiger partial charge in [0, 0.05) is 6.20 Å². The van der Waals surface area contributed by atoms with E-state index in [9.17, 15) is 18.4 Å². The molecule has 0 aliphatic heterocycles. The van der Waals surface area contributed by atoms with Crippen molar-refractivity contribution in [1.29, 1.82) is 0 Å². The number of carbonyl (C=O) groups is 2. The third-order valence-corrected chi connectivity index (χ3v) is 3.49. The highest BCUT2D eigenvalue weighted by Crippen LogP contribution is 2.20. The standard InChI is InChI=1S/C19H12F2N2O2/c20-15-9-3-1-7-13(15)18(24)23(17-11-5-6-12-22-17)19(25)14-8-2-4-10-16(14)21/h1-12H. The molecule has 0 N–H and O–H groups in total. The van der Waals surface area contributed by atoms with E-state index in [1.165, 1.54) is 48.7 Å². The van der Waals surface area contributed by atoms with E-state index in [2.05, 4.69) is 4.98 Å². The molecule has 6 heteroatoms. The van der Waals surface area contributed by atoms with Crippen molar-refractivity contribution in [3.05, 3.63) is 95.7 Å². The Morgan fingerprint density at radius 2 is 1.20 bits per heavy atom. The quantitative estimate of drug-likeness (QED) is 0.682. The highest BCUT2D eigenvalue weighted by Gasteiger charge is 2.29. The van der Waals surface area contributed by atoms with Gasteiger partial charge in [-0.1, -0.05) is 30.3 Å². The van der Waals surface area contributed by atoms with Crippen LogP contribution in [0.3, 0.4) is 0 Å². The summed E-state index contributed by atoms with van der Waals surface area (Å²) in [5, 5.41) is 0.